The predicted octanol–water partition coefficient (Wildman–Crippen LogP) is 0.451. The van der Waals surface area contributed by atoms with Gasteiger partial charge in [0.05, 0.1) is 18.0 Å². The molecular formula is C15H20N2O3S. The van der Waals surface area contributed by atoms with E-state index in [1.54, 1.807) is 18.2 Å². The lowest BCUT2D eigenvalue weighted by molar-refractivity contribution is 0.250. The fraction of sp³-hybridized carbons (Fsp3) is 0.467. The number of aliphatic hydroxyl groups is 1. The molecule has 0 heterocycles. The Kier molecular flexibility index (Phi) is 5.01. The van der Waals surface area contributed by atoms with E-state index in [0.29, 0.717) is 0 Å². The van der Waals surface area contributed by atoms with Gasteiger partial charge in [-0.1, -0.05) is 11.8 Å². The van der Waals surface area contributed by atoms with E-state index in [2.05, 4.69) is 11.8 Å². The van der Waals surface area contributed by atoms with Crippen LogP contribution in [0.4, 0.5) is 0 Å². The SMILES string of the molecule is Cc1cc(S(=O)(=O)N(CCO)C2CC2)ccc1C#CCN. The first-order valence-electron chi connectivity index (χ1n) is 6.93. The molecule has 0 amide bonds. The molecule has 0 aromatic heterocycles. The quantitative estimate of drug-likeness (QED) is 0.774. The first-order chi connectivity index (χ1) is 10.0. The van der Waals surface area contributed by atoms with Crippen LogP contribution in [0.3, 0.4) is 0 Å². The lowest BCUT2D eigenvalue weighted by atomic mass is 10.1. The summed E-state index contributed by atoms with van der Waals surface area (Å²) in [5.41, 5.74) is 6.92. The Hall–Kier alpha value is -1.39. The number of hydrogen-bond acceptors (Lipinski definition) is 4. The molecule has 0 radical (unpaired) electrons. The molecule has 114 valence electrons. The zero-order valence-electron chi connectivity index (χ0n) is 12.0. The summed E-state index contributed by atoms with van der Waals surface area (Å²) in [6.45, 7) is 2.06. The van der Waals surface area contributed by atoms with Crippen molar-refractivity contribution in [3.05, 3.63) is 29.3 Å². The van der Waals surface area contributed by atoms with Crippen molar-refractivity contribution in [3.63, 3.8) is 0 Å². The van der Waals surface area contributed by atoms with Gasteiger partial charge in [-0.15, -0.1) is 0 Å². The number of aryl methyl sites for hydroxylation is 1. The number of benzene rings is 1. The Balaban J connectivity index is 2.33. The number of rotatable bonds is 5. The maximum atomic E-state index is 12.6. The molecule has 1 saturated carbocycles. The van der Waals surface area contributed by atoms with Gasteiger partial charge >= 0.3 is 0 Å². The molecule has 0 atom stereocenters. The van der Waals surface area contributed by atoms with Gasteiger partial charge in [0.2, 0.25) is 10.0 Å². The van der Waals surface area contributed by atoms with Crippen LogP contribution in [0.1, 0.15) is 24.0 Å². The summed E-state index contributed by atoms with van der Waals surface area (Å²) < 4.78 is 26.7. The Labute approximate surface area is 125 Å². The van der Waals surface area contributed by atoms with Gasteiger partial charge < -0.3 is 10.8 Å². The van der Waals surface area contributed by atoms with Crippen LogP contribution in [0.2, 0.25) is 0 Å². The highest BCUT2D eigenvalue weighted by molar-refractivity contribution is 7.89. The van der Waals surface area contributed by atoms with Crippen LogP contribution in [-0.4, -0.2) is 43.6 Å². The zero-order valence-corrected chi connectivity index (χ0v) is 12.9. The van der Waals surface area contributed by atoms with Gasteiger partial charge in [0, 0.05) is 18.2 Å². The first-order valence-corrected chi connectivity index (χ1v) is 8.37. The minimum Gasteiger partial charge on any atom is -0.395 e. The van der Waals surface area contributed by atoms with E-state index >= 15 is 0 Å². The summed E-state index contributed by atoms with van der Waals surface area (Å²) in [6.07, 6.45) is 1.72. The van der Waals surface area contributed by atoms with Crippen molar-refractivity contribution < 1.29 is 13.5 Å². The molecule has 0 saturated heterocycles. The largest absolute Gasteiger partial charge is 0.395 e. The summed E-state index contributed by atoms with van der Waals surface area (Å²) in [5.74, 6) is 5.68. The Morgan fingerprint density at radius 1 is 1.43 bits per heavy atom. The van der Waals surface area contributed by atoms with E-state index in [1.807, 2.05) is 6.92 Å². The average molecular weight is 308 g/mol. The zero-order chi connectivity index (χ0) is 15.5. The summed E-state index contributed by atoms with van der Waals surface area (Å²) >= 11 is 0. The summed E-state index contributed by atoms with van der Waals surface area (Å²) in [7, 11) is -3.56. The summed E-state index contributed by atoms with van der Waals surface area (Å²) in [4.78, 5) is 0.249. The van der Waals surface area contributed by atoms with E-state index in [-0.39, 0.29) is 30.6 Å². The van der Waals surface area contributed by atoms with Crippen LogP contribution in [0, 0.1) is 18.8 Å². The second kappa shape index (κ2) is 6.58. The molecule has 21 heavy (non-hydrogen) atoms. The van der Waals surface area contributed by atoms with Gasteiger partial charge in [-0.05, 0) is 43.5 Å². The van der Waals surface area contributed by atoms with Crippen LogP contribution < -0.4 is 5.73 Å². The maximum absolute atomic E-state index is 12.6. The van der Waals surface area contributed by atoms with Gasteiger partial charge in [-0.25, -0.2) is 8.42 Å². The normalized spacial score (nSPS) is 14.9. The Morgan fingerprint density at radius 2 is 2.14 bits per heavy atom. The van der Waals surface area contributed by atoms with Crippen molar-refractivity contribution in [2.24, 2.45) is 5.73 Å². The van der Waals surface area contributed by atoms with Crippen LogP contribution in [0.15, 0.2) is 23.1 Å². The number of aliphatic hydroxyl groups excluding tert-OH is 1. The van der Waals surface area contributed by atoms with Gasteiger partial charge in [-0.3, -0.25) is 0 Å². The third kappa shape index (κ3) is 3.63. The molecule has 1 aromatic carbocycles. The predicted molar refractivity (Wildman–Crippen MR) is 81.1 cm³/mol. The molecule has 1 aliphatic carbocycles. The second-order valence-corrected chi connectivity index (χ2v) is 6.94. The monoisotopic (exact) mass is 308 g/mol. The minimum absolute atomic E-state index is 0.0270. The van der Waals surface area contributed by atoms with Crippen LogP contribution in [-0.2, 0) is 10.0 Å². The fourth-order valence-electron chi connectivity index (χ4n) is 2.18. The molecule has 6 heteroatoms. The Bertz CT molecular complexity index is 670. The van der Waals surface area contributed by atoms with Crippen LogP contribution in [0.5, 0.6) is 0 Å². The molecule has 0 unspecified atom stereocenters. The molecule has 5 nitrogen and oxygen atoms in total. The topological polar surface area (TPSA) is 83.6 Å². The van der Waals surface area contributed by atoms with Gasteiger partial charge in [-0.2, -0.15) is 4.31 Å². The highest BCUT2D eigenvalue weighted by Crippen LogP contribution is 2.32. The lowest BCUT2D eigenvalue weighted by Gasteiger charge is -2.21. The molecule has 2 rings (SSSR count). The van der Waals surface area contributed by atoms with E-state index in [9.17, 15) is 8.42 Å². The van der Waals surface area contributed by atoms with E-state index < -0.39 is 10.0 Å². The summed E-state index contributed by atoms with van der Waals surface area (Å²) in [6, 6.07) is 4.92. The molecule has 3 N–H and O–H groups in total. The lowest BCUT2D eigenvalue weighted by Crippen LogP contribution is -2.35. The number of nitrogens with two attached hydrogens (primary N) is 1. The summed E-state index contributed by atoms with van der Waals surface area (Å²) in [5, 5.41) is 9.08. The highest BCUT2D eigenvalue weighted by atomic mass is 32.2. The molecule has 0 aliphatic heterocycles. The number of sulfonamides is 1. The number of hydrogen-bond donors (Lipinski definition) is 2. The van der Waals surface area contributed by atoms with Gasteiger partial charge in [0.15, 0.2) is 0 Å². The van der Waals surface area contributed by atoms with Gasteiger partial charge in [0.25, 0.3) is 0 Å². The van der Waals surface area contributed by atoms with Gasteiger partial charge in [0.1, 0.15) is 0 Å². The fourth-order valence-corrected chi connectivity index (χ4v) is 3.94. The van der Waals surface area contributed by atoms with Crippen LogP contribution in [0.25, 0.3) is 0 Å². The van der Waals surface area contributed by atoms with Crippen LogP contribution >= 0.6 is 0 Å². The second-order valence-electron chi connectivity index (χ2n) is 5.05. The third-order valence-electron chi connectivity index (χ3n) is 3.40. The smallest absolute Gasteiger partial charge is 0.243 e. The number of nitrogens with zero attached hydrogens (tertiary/aromatic N) is 1. The molecule has 1 aromatic rings. The molecule has 0 spiro atoms. The minimum atomic E-state index is -3.56. The van der Waals surface area contributed by atoms with Crippen molar-refractivity contribution in [2.75, 3.05) is 19.7 Å². The van der Waals surface area contributed by atoms with Crippen molar-refractivity contribution in [2.45, 2.75) is 30.7 Å². The van der Waals surface area contributed by atoms with Crippen molar-refractivity contribution >= 4 is 10.0 Å². The molecule has 1 aliphatic rings. The highest BCUT2D eigenvalue weighted by Gasteiger charge is 2.37. The average Bonchev–Trinajstić information content (AvgIpc) is 3.27. The van der Waals surface area contributed by atoms with E-state index in [4.69, 9.17) is 10.8 Å². The van der Waals surface area contributed by atoms with E-state index in [1.165, 1.54) is 4.31 Å². The molecule has 1 fully saturated rings. The third-order valence-corrected chi connectivity index (χ3v) is 5.35. The Morgan fingerprint density at radius 3 is 2.67 bits per heavy atom. The molecular weight excluding hydrogens is 288 g/mol. The van der Waals surface area contributed by atoms with Crippen molar-refractivity contribution in [1.82, 2.24) is 4.31 Å². The van der Waals surface area contributed by atoms with Crippen molar-refractivity contribution in [3.8, 4) is 11.8 Å². The standard InChI is InChI=1S/C15H20N2O3S/c1-12-11-15(7-4-13(12)3-2-8-16)21(19,20)17(9-10-18)14-5-6-14/h4,7,11,14,18H,5-6,8-10,16H2,1H3. The van der Waals surface area contributed by atoms with Crippen molar-refractivity contribution in [1.29, 1.82) is 0 Å². The first kappa shape index (κ1) is 16.0. The maximum Gasteiger partial charge on any atom is 0.243 e. The van der Waals surface area contributed by atoms with E-state index in [0.717, 1.165) is 24.0 Å². The molecule has 0 bridgehead atoms.